The molecular weight excluding hydrogens is 295 g/mol. The van der Waals surface area contributed by atoms with E-state index in [0.717, 1.165) is 0 Å². The summed E-state index contributed by atoms with van der Waals surface area (Å²) < 4.78 is 12.5. The molecule has 109 valence electrons. The van der Waals surface area contributed by atoms with Crippen molar-refractivity contribution in [2.45, 2.75) is 77.8 Å². The Morgan fingerprint density at radius 3 is 1.00 bits per heavy atom. The Kier molecular flexibility index (Phi) is 13.0. The monoisotopic (exact) mass is 325 g/mol. The van der Waals surface area contributed by atoms with E-state index in [2.05, 4.69) is 41.5 Å². The molecule has 0 spiro atoms. The van der Waals surface area contributed by atoms with Crippen LogP contribution in [0.5, 0.6) is 0 Å². The minimum Gasteiger partial charge on any atom is -0.528 e. The van der Waals surface area contributed by atoms with E-state index in [0.29, 0.717) is 0 Å². The van der Waals surface area contributed by atoms with Gasteiger partial charge in [-0.15, -0.1) is 12.4 Å². The fourth-order valence-electron chi connectivity index (χ4n) is 2.23. The van der Waals surface area contributed by atoms with Gasteiger partial charge in [0.15, 0.2) is 16.6 Å². The number of hydrogen-bond acceptors (Lipinski definition) is 2. The lowest BCUT2D eigenvalue weighted by Crippen LogP contribution is -2.43. The van der Waals surface area contributed by atoms with Crippen LogP contribution in [0.4, 0.5) is 0 Å². The van der Waals surface area contributed by atoms with Crippen LogP contribution in [0.3, 0.4) is 0 Å². The van der Waals surface area contributed by atoms with Crippen LogP contribution >= 0.6 is 12.4 Å². The van der Waals surface area contributed by atoms with Crippen LogP contribution in [0.15, 0.2) is 0 Å². The molecule has 18 heavy (non-hydrogen) atoms. The van der Waals surface area contributed by atoms with E-state index in [9.17, 15) is 0 Å². The first-order chi connectivity index (χ1) is 8.07. The standard InChI is InChI=1S/2C6H15OSi.Al.ClH/c2*1-4-8(7,5-2)6-3;;/h2*4-6H2,1-3H3;;1H/q2*-1;+2;. The molecule has 0 atom stereocenters. The van der Waals surface area contributed by atoms with Crippen molar-refractivity contribution in [3.8, 4) is 0 Å². The van der Waals surface area contributed by atoms with Gasteiger partial charge < -0.3 is 6.96 Å². The first kappa shape index (κ1) is 21.5. The Balaban J connectivity index is 0. The minimum absolute atomic E-state index is 0. The van der Waals surface area contributed by atoms with Gasteiger partial charge in [0.1, 0.15) is 0 Å². The van der Waals surface area contributed by atoms with Gasteiger partial charge in [-0.05, 0) is 36.3 Å². The summed E-state index contributed by atoms with van der Waals surface area (Å²) in [4.78, 5) is 0. The molecule has 0 saturated heterocycles. The van der Waals surface area contributed by atoms with Gasteiger partial charge in [-0.3, -0.25) is 0 Å². The molecule has 0 aromatic rings. The summed E-state index contributed by atoms with van der Waals surface area (Å²) in [6, 6.07) is 7.39. The molecule has 1 radical (unpaired) electrons. The molecule has 0 rings (SSSR count). The lowest BCUT2D eigenvalue weighted by atomic mass is 10.9. The van der Waals surface area contributed by atoms with E-state index in [1.807, 2.05) is 0 Å². The van der Waals surface area contributed by atoms with Gasteiger partial charge in [-0.25, -0.2) is 0 Å². The Morgan fingerprint density at radius 1 is 0.611 bits per heavy atom. The highest BCUT2D eigenvalue weighted by Gasteiger charge is 2.33. The quantitative estimate of drug-likeness (QED) is 0.527. The summed E-state index contributed by atoms with van der Waals surface area (Å²) in [5.41, 5.74) is 0. The predicted octanol–water partition coefficient (Wildman–Crippen LogP) is 4.99. The highest BCUT2D eigenvalue weighted by Crippen LogP contribution is 2.24. The third-order valence-corrected chi connectivity index (χ3v) is 17.0. The molecule has 0 aromatic heterocycles. The van der Waals surface area contributed by atoms with Crippen molar-refractivity contribution < 1.29 is 6.96 Å². The topological polar surface area (TPSA) is 18.5 Å². The van der Waals surface area contributed by atoms with E-state index in [4.69, 9.17) is 6.96 Å². The fourth-order valence-corrected chi connectivity index (χ4v) is 11.5. The van der Waals surface area contributed by atoms with Crippen molar-refractivity contribution in [1.29, 1.82) is 0 Å². The summed E-state index contributed by atoms with van der Waals surface area (Å²) in [7, 11) is -2.84. The normalized spacial score (nSPS) is 12.1. The van der Waals surface area contributed by atoms with E-state index in [-0.39, 0.29) is 28.3 Å². The highest BCUT2D eigenvalue weighted by atomic mass is 35.5. The van der Waals surface area contributed by atoms with Crippen molar-refractivity contribution in [3.63, 3.8) is 0 Å². The van der Waals surface area contributed by atoms with Crippen molar-refractivity contribution >= 4 is 44.9 Å². The van der Waals surface area contributed by atoms with Gasteiger partial charge >= 0.3 is 15.9 Å². The van der Waals surface area contributed by atoms with Crippen molar-refractivity contribution in [2.75, 3.05) is 0 Å². The van der Waals surface area contributed by atoms with Gasteiger partial charge in [0.25, 0.3) is 0 Å². The largest absolute Gasteiger partial charge is 0.644 e. The molecule has 0 aliphatic heterocycles. The van der Waals surface area contributed by atoms with Gasteiger partial charge in [-0.2, -0.15) is 0 Å². The summed E-state index contributed by atoms with van der Waals surface area (Å²) in [6.45, 7) is 13.7. The first-order valence-electron chi connectivity index (χ1n) is 7.24. The number of hydrogen-bond donors (Lipinski definition) is 0. The average Bonchev–Trinajstić information content (AvgIpc) is 2.41. The van der Waals surface area contributed by atoms with Crippen molar-refractivity contribution in [2.24, 2.45) is 0 Å². The summed E-state index contributed by atoms with van der Waals surface area (Å²) in [6.07, 6.45) is 0. The second-order valence-electron chi connectivity index (χ2n) is 4.82. The lowest BCUT2D eigenvalue weighted by molar-refractivity contribution is 0.435. The number of halogens is 1. The molecular formula is C12H31AlClO2Si2. The molecule has 0 unspecified atom stereocenters. The molecule has 0 N–H and O–H groups in total. The molecule has 0 aliphatic rings. The molecule has 0 amide bonds. The van der Waals surface area contributed by atoms with Crippen LogP contribution in [0.1, 0.15) is 41.5 Å². The van der Waals surface area contributed by atoms with Crippen LogP contribution in [0, 0.1) is 0 Å². The fraction of sp³-hybridized carbons (Fsp3) is 1.00. The third-order valence-electron chi connectivity index (χ3n) is 4.46. The van der Waals surface area contributed by atoms with Gasteiger partial charge in [0, 0.05) is 0 Å². The highest BCUT2D eigenvalue weighted by molar-refractivity contribution is 6.80. The molecule has 0 bridgehead atoms. The minimum atomic E-state index is -1.42. The van der Waals surface area contributed by atoms with Crippen LogP contribution in [0.2, 0.25) is 36.3 Å². The Bertz CT molecular complexity index is 164. The molecule has 0 aromatic carbocycles. The molecule has 0 saturated carbocycles. The summed E-state index contributed by atoms with van der Waals surface area (Å²) in [5, 5.41) is 0. The smallest absolute Gasteiger partial charge is 0.528 e. The average molecular weight is 326 g/mol. The first-order valence-corrected chi connectivity index (χ1v) is 13.2. The Morgan fingerprint density at radius 2 is 0.833 bits per heavy atom. The van der Waals surface area contributed by atoms with Gasteiger partial charge in [0.05, 0.1) is 0 Å². The Hall–Kier alpha value is 1.18. The van der Waals surface area contributed by atoms with Gasteiger partial charge in [-0.1, -0.05) is 41.5 Å². The molecule has 0 fully saturated rings. The second-order valence-corrected chi connectivity index (χ2v) is 15.9. The molecule has 2 nitrogen and oxygen atoms in total. The van der Waals surface area contributed by atoms with E-state index >= 15 is 0 Å². The van der Waals surface area contributed by atoms with E-state index < -0.39 is 16.6 Å². The maximum absolute atomic E-state index is 6.27. The van der Waals surface area contributed by atoms with Crippen LogP contribution in [0.25, 0.3) is 0 Å². The maximum atomic E-state index is 6.27. The summed E-state index contributed by atoms with van der Waals surface area (Å²) >= 11 is -0.220. The van der Waals surface area contributed by atoms with Crippen molar-refractivity contribution in [1.82, 2.24) is 0 Å². The zero-order valence-electron chi connectivity index (χ0n) is 13.0. The maximum Gasteiger partial charge on any atom is 0.644 e. The zero-order valence-corrected chi connectivity index (χ0v) is 17.0. The van der Waals surface area contributed by atoms with Crippen molar-refractivity contribution in [3.05, 3.63) is 0 Å². The van der Waals surface area contributed by atoms with E-state index in [1.54, 1.807) is 0 Å². The summed E-state index contributed by atoms with van der Waals surface area (Å²) in [5.74, 6) is 0. The second kappa shape index (κ2) is 10.9. The Labute approximate surface area is 129 Å². The van der Waals surface area contributed by atoms with E-state index in [1.165, 1.54) is 36.3 Å². The van der Waals surface area contributed by atoms with Crippen LogP contribution in [-0.4, -0.2) is 32.5 Å². The SMILES string of the molecule is CC[Si](CC)(CC)[O][Al][O][Si](CC)(CC)CC.Cl. The third kappa shape index (κ3) is 6.09. The lowest BCUT2D eigenvalue weighted by Gasteiger charge is -2.33. The molecule has 0 aliphatic carbocycles. The zero-order chi connectivity index (χ0) is 13.4. The van der Waals surface area contributed by atoms with Crippen LogP contribution in [-0.2, 0) is 6.96 Å². The number of rotatable bonds is 10. The van der Waals surface area contributed by atoms with Crippen LogP contribution < -0.4 is 0 Å². The predicted molar refractivity (Wildman–Crippen MR) is 89.6 cm³/mol. The molecule has 0 heterocycles. The van der Waals surface area contributed by atoms with Gasteiger partial charge in [0.2, 0.25) is 0 Å². The molecule has 6 heteroatoms.